The quantitative estimate of drug-likeness (QED) is 0.463. The highest BCUT2D eigenvalue weighted by molar-refractivity contribution is 9.10. The molecule has 0 saturated carbocycles. The number of nitro groups is 1. The summed E-state index contributed by atoms with van der Waals surface area (Å²) in [5, 5.41) is 11.6. The van der Waals surface area contributed by atoms with Gasteiger partial charge in [0.15, 0.2) is 0 Å². The Labute approximate surface area is 157 Å². The first-order valence-corrected chi connectivity index (χ1v) is 8.73. The van der Waals surface area contributed by atoms with Crippen molar-refractivity contribution in [2.75, 3.05) is 0 Å². The SMILES string of the molecule is CC(C)Oc1ccc([N+](=O)[O-])cc1Cn1cnc2ccc(Br)cc2c1=O. The molecule has 0 aliphatic rings. The highest BCUT2D eigenvalue weighted by atomic mass is 79.9. The Bertz CT molecular complexity index is 1050. The maximum atomic E-state index is 12.8. The molecule has 26 heavy (non-hydrogen) atoms. The fraction of sp³-hybridized carbons (Fsp3) is 0.222. The second-order valence-electron chi connectivity index (χ2n) is 6.05. The van der Waals surface area contributed by atoms with E-state index in [1.165, 1.54) is 23.0 Å². The number of fused-ring (bicyclic) bond motifs is 1. The molecule has 0 aliphatic carbocycles. The van der Waals surface area contributed by atoms with Gasteiger partial charge in [-0.1, -0.05) is 15.9 Å². The molecule has 0 spiro atoms. The van der Waals surface area contributed by atoms with Crippen molar-refractivity contribution in [3.05, 3.63) is 73.2 Å². The third-order valence-electron chi connectivity index (χ3n) is 3.74. The lowest BCUT2D eigenvalue weighted by atomic mass is 10.1. The van der Waals surface area contributed by atoms with Gasteiger partial charge in [-0.3, -0.25) is 19.5 Å². The van der Waals surface area contributed by atoms with E-state index >= 15 is 0 Å². The van der Waals surface area contributed by atoms with Gasteiger partial charge >= 0.3 is 0 Å². The number of nitro benzene ring substituents is 1. The van der Waals surface area contributed by atoms with Crippen LogP contribution >= 0.6 is 15.9 Å². The van der Waals surface area contributed by atoms with E-state index in [0.717, 1.165) is 4.47 Å². The van der Waals surface area contributed by atoms with Gasteiger partial charge in [-0.2, -0.15) is 0 Å². The molecule has 0 N–H and O–H groups in total. The molecular formula is C18H16BrN3O4. The van der Waals surface area contributed by atoms with Crippen molar-refractivity contribution in [1.82, 2.24) is 9.55 Å². The van der Waals surface area contributed by atoms with Crippen LogP contribution in [0.4, 0.5) is 5.69 Å². The number of ether oxygens (including phenoxy) is 1. The summed E-state index contributed by atoms with van der Waals surface area (Å²) in [6.45, 7) is 3.86. The summed E-state index contributed by atoms with van der Waals surface area (Å²) in [6, 6.07) is 9.65. The van der Waals surface area contributed by atoms with E-state index in [-0.39, 0.29) is 23.9 Å². The van der Waals surface area contributed by atoms with Crippen LogP contribution in [-0.4, -0.2) is 20.6 Å². The summed E-state index contributed by atoms with van der Waals surface area (Å²) < 4.78 is 7.93. The summed E-state index contributed by atoms with van der Waals surface area (Å²) in [6.07, 6.45) is 1.34. The van der Waals surface area contributed by atoms with Crippen molar-refractivity contribution >= 4 is 32.5 Å². The third kappa shape index (κ3) is 3.75. The van der Waals surface area contributed by atoms with Crippen LogP contribution in [0.15, 0.2) is 52.0 Å². The Morgan fingerprint density at radius 2 is 2.04 bits per heavy atom. The number of aromatic nitrogens is 2. The van der Waals surface area contributed by atoms with Crippen LogP contribution in [0, 0.1) is 10.1 Å². The number of nitrogens with zero attached hydrogens (tertiary/aromatic N) is 3. The Morgan fingerprint density at radius 3 is 2.73 bits per heavy atom. The van der Waals surface area contributed by atoms with Gasteiger partial charge in [-0.15, -0.1) is 0 Å². The van der Waals surface area contributed by atoms with Crippen LogP contribution in [0.3, 0.4) is 0 Å². The van der Waals surface area contributed by atoms with Gasteiger partial charge in [-0.25, -0.2) is 4.98 Å². The van der Waals surface area contributed by atoms with Gasteiger partial charge < -0.3 is 4.74 Å². The van der Waals surface area contributed by atoms with Crippen LogP contribution < -0.4 is 10.3 Å². The average molecular weight is 418 g/mol. The average Bonchev–Trinajstić information content (AvgIpc) is 2.58. The zero-order valence-electron chi connectivity index (χ0n) is 14.2. The molecule has 2 aromatic carbocycles. The maximum Gasteiger partial charge on any atom is 0.270 e. The smallest absolute Gasteiger partial charge is 0.270 e. The molecule has 1 heterocycles. The molecule has 134 valence electrons. The Hall–Kier alpha value is -2.74. The summed E-state index contributed by atoms with van der Waals surface area (Å²) in [7, 11) is 0. The third-order valence-corrected chi connectivity index (χ3v) is 4.24. The summed E-state index contributed by atoms with van der Waals surface area (Å²) >= 11 is 3.35. The zero-order chi connectivity index (χ0) is 18.8. The Kier molecular flexibility index (Phi) is 5.03. The molecule has 0 bridgehead atoms. The topological polar surface area (TPSA) is 87.3 Å². The number of hydrogen-bond acceptors (Lipinski definition) is 5. The van der Waals surface area contributed by atoms with E-state index in [1.54, 1.807) is 18.2 Å². The van der Waals surface area contributed by atoms with E-state index in [9.17, 15) is 14.9 Å². The van der Waals surface area contributed by atoms with Crippen LogP contribution in [0.2, 0.25) is 0 Å². The number of non-ortho nitro benzene ring substituents is 1. The van der Waals surface area contributed by atoms with E-state index in [4.69, 9.17) is 4.74 Å². The van der Waals surface area contributed by atoms with Crippen molar-refractivity contribution in [3.8, 4) is 5.75 Å². The number of benzene rings is 2. The Balaban J connectivity index is 2.08. The van der Waals surface area contributed by atoms with Crippen LogP contribution in [0.5, 0.6) is 5.75 Å². The van der Waals surface area contributed by atoms with Crippen LogP contribution in [-0.2, 0) is 6.54 Å². The van der Waals surface area contributed by atoms with Gasteiger partial charge in [0.1, 0.15) is 5.75 Å². The first-order chi connectivity index (χ1) is 12.3. The summed E-state index contributed by atoms with van der Waals surface area (Å²) in [4.78, 5) is 27.7. The highest BCUT2D eigenvalue weighted by Gasteiger charge is 2.15. The Morgan fingerprint density at radius 1 is 1.27 bits per heavy atom. The first kappa shape index (κ1) is 18.1. The molecule has 0 aliphatic heterocycles. The molecule has 0 radical (unpaired) electrons. The van der Waals surface area contributed by atoms with Crippen LogP contribution in [0.25, 0.3) is 10.9 Å². The number of halogens is 1. The normalized spacial score (nSPS) is 11.1. The maximum absolute atomic E-state index is 12.8. The fourth-order valence-corrected chi connectivity index (χ4v) is 2.96. The van der Waals surface area contributed by atoms with Crippen molar-refractivity contribution in [1.29, 1.82) is 0 Å². The molecule has 8 heteroatoms. The molecule has 1 aromatic heterocycles. The van der Waals surface area contributed by atoms with Gasteiger partial charge in [0, 0.05) is 22.2 Å². The predicted molar refractivity (Wildman–Crippen MR) is 102 cm³/mol. The molecule has 0 fully saturated rings. The van der Waals surface area contributed by atoms with Crippen LogP contribution in [0.1, 0.15) is 19.4 Å². The number of hydrogen-bond donors (Lipinski definition) is 0. The first-order valence-electron chi connectivity index (χ1n) is 7.94. The van der Waals surface area contributed by atoms with E-state index < -0.39 is 4.92 Å². The molecule has 3 aromatic rings. The molecule has 3 rings (SSSR count). The van der Waals surface area contributed by atoms with E-state index in [0.29, 0.717) is 22.2 Å². The van der Waals surface area contributed by atoms with Crippen molar-refractivity contribution < 1.29 is 9.66 Å². The van der Waals surface area contributed by atoms with Gasteiger partial charge in [0.25, 0.3) is 11.2 Å². The standard InChI is InChI=1S/C18H16BrN3O4/c1-11(2)26-17-6-4-14(22(24)25)7-12(17)9-21-10-20-16-5-3-13(19)8-15(16)18(21)23/h3-8,10-11H,9H2,1-2H3. The second-order valence-corrected chi connectivity index (χ2v) is 6.97. The highest BCUT2D eigenvalue weighted by Crippen LogP contribution is 2.26. The lowest BCUT2D eigenvalue weighted by molar-refractivity contribution is -0.384. The molecule has 0 amide bonds. The predicted octanol–water partition coefficient (Wildman–Crippen LogP) is 3.90. The van der Waals surface area contributed by atoms with Crippen molar-refractivity contribution in [2.24, 2.45) is 0 Å². The molecular weight excluding hydrogens is 402 g/mol. The van der Waals surface area contributed by atoms with E-state index in [1.807, 2.05) is 19.9 Å². The molecule has 0 atom stereocenters. The molecule has 0 saturated heterocycles. The van der Waals surface area contributed by atoms with Gasteiger partial charge in [0.2, 0.25) is 0 Å². The minimum Gasteiger partial charge on any atom is -0.491 e. The number of rotatable bonds is 5. The van der Waals surface area contributed by atoms with Gasteiger partial charge in [0.05, 0.1) is 34.8 Å². The lowest BCUT2D eigenvalue weighted by Gasteiger charge is -2.15. The monoisotopic (exact) mass is 417 g/mol. The summed E-state index contributed by atoms with van der Waals surface area (Å²) in [5.74, 6) is 0.506. The molecule has 0 unspecified atom stereocenters. The second kappa shape index (κ2) is 7.25. The van der Waals surface area contributed by atoms with Crippen molar-refractivity contribution in [3.63, 3.8) is 0 Å². The zero-order valence-corrected chi connectivity index (χ0v) is 15.8. The minimum absolute atomic E-state index is 0.0550. The van der Waals surface area contributed by atoms with Gasteiger partial charge in [-0.05, 0) is 38.1 Å². The summed E-state index contributed by atoms with van der Waals surface area (Å²) in [5.41, 5.74) is 0.859. The largest absolute Gasteiger partial charge is 0.491 e. The lowest BCUT2D eigenvalue weighted by Crippen LogP contribution is -2.22. The van der Waals surface area contributed by atoms with E-state index in [2.05, 4.69) is 20.9 Å². The minimum atomic E-state index is -0.471. The van der Waals surface area contributed by atoms with Crippen molar-refractivity contribution in [2.45, 2.75) is 26.5 Å². The fourth-order valence-electron chi connectivity index (χ4n) is 2.60. The molecule has 7 nitrogen and oxygen atoms in total.